The number of hydrogen-bond acceptors (Lipinski definition) is 2. The molecule has 4 nitrogen and oxygen atoms in total. The molecule has 30 heavy (non-hydrogen) atoms. The molecular formula is C26H32N2O2. The van der Waals surface area contributed by atoms with Gasteiger partial charge >= 0.3 is 5.97 Å². The molecule has 4 rings (SSSR count). The molecule has 1 fully saturated rings. The summed E-state index contributed by atoms with van der Waals surface area (Å²) in [6.07, 6.45) is 5.52. The quantitative estimate of drug-likeness (QED) is 0.587. The van der Waals surface area contributed by atoms with E-state index in [0.717, 1.165) is 26.1 Å². The molecular weight excluding hydrogens is 372 g/mol. The molecule has 1 aliphatic heterocycles. The molecule has 2 aromatic carbocycles. The van der Waals surface area contributed by atoms with Crippen LogP contribution in [0.3, 0.4) is 0 Å². The van der Waals surface area contributed by atoms with Crippen molar-refractivity contribution in [3.8, 4) is 0 Å². The average molecular weight is 405 g/mol. The molecule has 0 aliphatic carbocycles. The number of aromatic amines is 1. The molecule has 1 aromatic heterocycles. The Hall–Kier alpha value is -2.59. The highest BCUT2D eigenvalue weighted by Crippen LogP contribution is 2.37. The van der Waals surface area contributed by atoms with Crippen LogP contribution in [0.15, 0.2) is 42.6 Å². The Morgan fingerprint density at radius 3 is 2.63 bits per heavy atom. The van der Waals surface area contributed by atoms with Crippen molar-refractivity contribution in [2.75, 3.05) is 19.6 Å². The number of rotatable bonds is 5. The zero-order valence-corrected chi connectivity index (χ0v) is 18.2. The van der Waals surface area contributed by atoms with Crippen LogP contribution in [0.5, 0.6) is 0 Å². The predicted octanol–water partition coefficient (Wildman–Crippen LogP) is 5.54. The second-order valence-corrected chi connectivity index (χ2v) is 8.79. The van der Waals surface area contributed by atoms with Gasteiger partial charge in [-0.2, -0.15) is 0 Å². The maximum atomic E-state index is 11.3. The minimum absolute atomic E-state index is 0.361. The van der Waals surface area contributed by atoms with Crippen LogP contribution in [0.2, 0.25) is 0 Å². The molecule has 158 valence electrons. The molecule has 0 radical (unpaired) electrons. The highest BCUT2D eigenvalue weighted by molar-refractivity contribution is 5.88. The lowest BCUT2D eigenvalue weighted by Gasteiger charge is -2.29. The van der Waals surface area contributed by atoms with Crippen molar-refractivity contribution in [3.05, 3.63) is 70.4 Å². The summed E-state index contributed by atoms with van der Waals surface area (Å²) in [7, 11) is 0. The maximum Gasteiger partial charge on any atom is 0.335 e. The third-order valence-electron chi connectivity index (χ3n) is 6.95. The summed E-state index contributed by atoms with van der Waals surface area (Å²) in [4.78, 5) is 17.3. The number of benzene rings is 2. The summed E-state index contributed by atoms with van der Waals surface area (Å²) in [6.45, 7) is 9.88. The number of nitrogens with zero attached hydrogens (tertiary/aromatic N) is 1. The first-order valence-corrected chi connectivity index (χ1v) is 11.1. The number of likely N-dealkylation sites (tertiary alicyclic amines) is 1. The third-order valence-corrected chi connectivity index (χ3v) is 6.95. The van der Waals surface area contributed by atoms with Gasteiger partial charge in [-0.05, 0) is 98.5 Å². The molecule has 2 N–H and O–H groups in total. The molecule has 2 heterocycles. The van der Waals surface area contributed by atoms with Gasteiger partial charge in [0.2, 0.25) is 0 Å². The van der Waals surface area contributed by atoms with Crippen molar-refractivity contribution in [1.29, 1.82) is 0 Å². The fourth-order valence-electron chi connectivity index (χ4n) is 5.26. The molecule has 2 unspecified atom stereocenters. The van der Waals surface area contributed by atoms with E-state index in [4.69, 9.17) is 0 Å². The zero-order chi connectivity index (χ0) is 21.3. The molecule has 0 spiro atoms. The first kappa shape index (κ1) is 20.7. The summed E-state index contributed by atoms with van der Waals surface area (Å²) in [5.41, 5.74) is 7.01. The number of hydrogen-bond donors (Lipinski definition) is 2. The lowest BCUT2D eigenvalue weighted by atomic mass is 9.78. The highest BCUT2D eigenvalue weighted by atomic mass is 16.4. The van der Waals surface area contributed by atoms with Gasteiger partial charge in [-0.25, -0.2) is 4.79 Å². The number of nitrogens with one attached hydrogen (secondary N) is 1. The van der Waals surface area contributed by atoms with Gasteiger partial charge in [0, 0.05) is 23.6 Å². The van der Waals surface area contributed by atoms with Gasteiger partial charge in [0.05, 0.1) is 5.56 Å². The first-order valence-electron chi connectivity index (χ1n) is 11.1. The lowest BCUT2D eigenvalue weighted by Crippen LogP contribution is -2.29. The highest BCUT2D eigenvalue weighted by Gasteiger charge is 2.29. The fraction of sp³-hybridized carbons (Fsp3) is 0.423. The second-order valence-electron chi connectivity index (χ2n) is 8.79. The van der Waals surface area contributed by atoms with Crippen molar-refractivity contribution in [2.24, 2.45) is 5.92 Å². The van der Waals surface area contributed by atoms with Crippen molar-refractivity contribution < 1.29 is 9.90 Å². The summed E-state index contributed by atoms with van der Waals surface area (Å²) < 4.78 is 0. The van der Waals surface area contributed by atoms with Crippen LogP contribution in [0.25, 0.3) is 10.9 Å². The van der Waals surface area contributed by atoms with Gasteiger partial charge in [-0.15, -0.1) is 0 Å². The number of aromatic carboxylic acids is 1. The number of carbonyl (C=O) groups is 1. The van der Waals surface area contributed by atoms with E-state index in [1.807, 2.05) is 12.1 Å². The van der Waals surface area contributed by atoms with E-state index in [1.54, 1.807) is 12.1 Å². The second kappa shape index (κ2) is 8.65. The SMILES string of the molecule is CCN1CCCC(Cc2c(C)cc(C)c3[nH]ccc23)C(c2ccc(C(=O)O)cc2)C1. The van der Waals surface area contributed by atoms with Crippen molar-refractivity contribution >= 4 is 16.9 Å². The smallest absolute Gasteiger partial charge is 0.335 e. The number of aryl methyl sites for hydroxylation is 2. The molecule has 4 heteroatoms. The van der Waals surface area contributed by atoms with E-state index in [0.29, 0.717) is 17.4 Å². The Balaban J connectivity index is 1.71. The van der Waals surface area contributed by atoms with E-state index in [-0.39, 0.29) is 0 Å². The zero-order valence-electron chi connectivity index (χ0n) is 18.2. The molecule has 2 atom stereocenters. The predicted molar refractivity (Wildman–Crippen MR) is 122 cm³/mol. The minimum atomic E-state index is -0.862. The van der Waals surface area contributed by atoms with E-state index < -0.39 is 5.97 Å². The van der Waals surface area contributed by atoms with Crippen LogP contribution in [-0.2, 0) is 6.42 Å². The van der Waals surface area contributed by atoms with Crippen LogP contribution >= 0.6 is 0 Å². The molecule has 1 aliphatic rings. The van der Waals surface area contributed by atoms with E-state index in [2.05, 4.69) is 49.0 Å². The number of likely N-dealkylation sites (N-methyl/N-ethyl adjacent to an activating group) is 1. The van der Waals surface area contributed by atoms with Crippen molar-refractivity contribution in [2.45, 2.75) is 46.0 Å². The first-order chi connectivity index (χ1) is 14.5. The summed E-state index contributed by atoms with van der Waals surface area (Å²) >= 11 is 0. The topological polar surface area (TPSA) is 56.3 Å². The van der Waals surface area contributed by atoms with Crippen LogP contribution in [0, 0.1) is 19.8 Å². The normalized spacial score (nSPS) is 20.4. The Labute approximate surface area is 178 Å². The fourth-order valence-corrected chi connectivity index (χ4v) is 5.26. The summed E-state index contributed by atoms with van der Waals surface area (Å²) in [5, 5.41) is 10.6. The minimum Gasteiger partial charge on any atom is -0.478 e. The van der Waals surface area contributed by atoms with Gasteiger partial charge in [-0.3, -0.25) is 0 Å². The van der Waals surface area contributed by atoms with Gasteiger partial charge < -0.3 is 15.0 Å². The molecule has 1 saturated heterocycles. The molecule has 0 saturated carbocycles. The Morgan fingerprint density at radius 1 is 1.17 bits per heavy atom. The van der Waals surface area contributed by atoms with Crippen LogP contribution in [0.4, 0.5) is 0 Å². The average Bonchev–Trinajstić information content (AvgIpc) is 3.14. The van der Waals surface area contributed by atoms with Gasteiger partial charge in [0.15, 0.2) is 0 Å². The lowest BCUT2D eigenvalue weighted by molar-refractivity contribution is 0.0697. The molecule has 0 bridgehead atoms. The molecule has 0 amide bonds. The summed E-state index contributed by atoms with van der Waals surface area (Å²) in [5.74, 6) is 0.0843. The Bertz CT molecular complexity index is 1040. The van der Waals surface area contributed by atoms with Crippen LogP contribution in [-0.4, -0.2) is 40.6 Å². The standard InChI is InChI=1S/C26H32N2O2/c1-4-28-13-5-6-21(24(16-28)19-7-9-20(10-8-19)26(29)30)15-23-17(2)14-18(3)25-22(23)11-12-27-25/h7-12,14,21,24,27H,4-6,13,15-16H2,1-3H3,(H,29,30). The Kier molecular flexibility index (Phi) is 5.96. The van der Waals surface area contributed by atoms with Crippen molar-refractivity contribution in [3.63, 3.8) is 0 Å². The third kappa shape index (κ3) is 4.01. The Morgan fingerprint density at radius 2 is 1.93 bits per heavy atom. The van der Waals surface area contributed by atoms with E-state index in [9.17, 15) is 9.90 Å². The van der Waals surface area contributed by atoms with Gasteiger partial charge in [0.1, 0.15) is 0 Å². The van der Waals surface area contributed by atoms with Crippen LogP contribution in [0.1, 0.15) is 58.3 Å². The number of fused-ring (bicyclic) bond motifs is 1. The molecule has 3 aromatic rings. The van der Waals surface area contributed by atoms with Gasteiger partial charge in [0.25, 0.3) is 0 Å². The number of H-pyrrole nitrogens is 1. The summed E-state index contributed by atoms with van der Waals surface area (Å²) in [6, 6.07) is 12.1. The largest absolute Gasteiger partial charge is 0.478 e. The van der Waals surface area contributed by atoms with E-state index >= 15 is 0 Å². The van der Waals surface area contributed by atoms with E-state index in [1.165, 1.54) is 46.0 Å². The monoisotopic (exact) mass is 404 g/mol. The van der Waals surface area contributed by atoms with Crippen molar-refractivity contribution in [1.82, 2.24) is 9.88 Å². The number of carboxylic acid groups (broad SMARTS) is 1. The van der Waals surface area contributed by atoms with Crippen LogP contribution < -0.4 is 0 Å². The maximum absolute atomic E-state index is 11.3. The number of carboxylic acids is 1. The van der Waals surface area contributed by atoms with Gasteiger partial charge in [-0.1, -0.05) is 25.1 Å². The number of aromatic nitrogens is 1.